The van der Waals surface area contributed by atoms with Crippen LogP contribution in [0.5, 0.6) is 0 Å². The molecule has 144 valence electrons. The average Bonchev–Trinajstić information content (AvgIpc) is 2.69. The summed E-state index contributed by atoms with van der Waals surface area (Å²) >= 11 is 0. The second-order valence-electron chi connectivity index (χ2n) is 6.12. The van der Waals surface area contributed by atoms with Crippen molar-refractivity contribution in [2.24, 2.45) is 0 Å². The van der Waals surface area contributed by atoms with Crippen LogP contribution in [0.4, 0.5) is 10.1 Å². The molecule has 0 bridgehead atoms. The SMILES string of the molecule is O=C(Nc1cccc(F)c1)c1ccc(S(=O)(=O)NCCc2ccccc2)cc1. The zero-order chi connectivity index (χ0) is 20.0. The molecule has 3 aromatic carbocycles. The molecule has 0 fully saturated rings. The smallest absolute Gasteiger partial charge is 0.255 e. The highest BCUT2D eigenvalue weighted by Crippen LogP contribution is 2.14. The number of amides is 1. The molecule has 0 aliphatic carbocycles. The highest BCUT2D eigenvalue weighted by molar-refractivity contribution is 7.89. The fourth-order valence-corrected chi connectivity index (χ4v) is 3.64. The number of carbonyl (C=O) groups is 1. The third-order valence-corrected chi connectivity index (χ3v) is 5.53. The molecule has 0 aliphatic heterocycles. The van der Waals surface area contributed by atoms with Crippen LogP contribution in [0.3, 0.4) is 0 Å². The Labute approximate surface area is 163 Å². The quantitative estimate of drug-likeness (QED) is 0.639. The maximum atomic E-state index is 13.2. The number of rotatable bonds is 7. The lowest BCUT2D eigenvalue weighted by atomic mass is 10.2. The Bertz CT molecular complexity index is 1050. The molecule has 0 radical (unpaired) electrons. The van der Waals surface area contributed by atoms with Crippen LogP contribution in [-0.4, -0.2) is 20.9 Å². The second-order valence-corrected chi connectivity index (χ2v) is 7.89. The molecule has 0 saturated carbocycles. The van der Waals surface area contributed by atoms with Gasteiger partial charge in [-0.25, -0.2) is 17.5 Å². The monoisotopic (exact) mass is 398 g/mol. The molecule has 0 heterocycles. The van der Waals surface area contributed by atoms with E-state index in [1.165, 1.54) is 42.5 Å². The van der Waals surface area contributed by atoms with Gasteiger partial charge in [0.2, 0.25) is 10.0 Å². The highest BCUT2D eigenvalue weighted by Gasteiger charge is 2.14. The largest absolute Gasteiger partial charge is 0.322 e. The van der Waals surface area contributed by atoms with Crippen molar-refractivity contribution in [2.75, 3.05) is 11.9 Å². The molecule has 0 spiro atoms. The number of carbonyl (C=O) groups excluding carboxylic acids is 1. The molecule has 0 atom stereocenters. The van der Waals surface area contributed by atoms with E-state index in [-0.39, 0.29) is 17.0 Å². The fraction of sp³-hybridized carbons (Fsp3) is 0.0952. The Morgan fingerprint density at radius 2 is 1.61 bits per heavy atom. The minimum atomic E-state index is -3.67. The number of sulfonamides is 1. The lowest BCUT2D eigenvalue weighted by molar-refractivity contribution is 0.102. The molecule has 28 heavy (non-hydrogen) atoms. The van der Waals surface area contributed by atoms with Gasteiger partial charge in [-0.2, -0.15) is 0 Å². The van der Waals surface area contributed by atoms with E-state index in [9.17, 15) is 17.6 Å². The van der Waals surface area contributed by atoms with Crippen LogP contribution >= 0.6 is 0 Å². The molecule has 3 aromatic rings. The summed E-state index contributed by atoms with van der Waals surface area (Å²) in [4.78, 5) is 12.3. The number of halogens is 1. The molecule has 7 heteroatoms. The van der Waals surface area contributed by atoms with Gasteiger partial charge in [-0.05, 0) is 54.4 Å². The number of anilines is 1. The van der Waals surface area contributed by atoms with Crippen LogP contribution in [0.25, 0.3) is 0 Å². The Morgan fingerprint density at radius 3 is 2.29 bits per heavy atom. The first-order valence-corrected chi connectivity index (χ1v) is 10.1. The van der Waals surface area contributed by atoms with E-state index in [2.05, 4.69) is 10.0 Å². The predicted octanol–water partition coefficient (Wildman–Crippen LogP) is 3.60. The van der Waals surface area contributed by atoms with Crippen LogP contribution in [0.15, 0.2) is 83.8 Å². The zero-order valence-electron chi connectivity index (χ0n) is 14.9. The van der Waals surface area contributed by atoms with Gasteiger partial charge in [-0.3, -0.25) is 4.79 Å². The molecular weight excluding hydrogens is 379 g/mol. The molecule has 3 rings (SSSR count). The molecule has 0 aliphatic rings. The van der Waals surface area contributed by atoms with Crippen molar-refractivity contribution in [1.82, 2.24) is 4.72 Å². The van der Waals surface area contributed by atoms with Crippen LogP contribution in [0, 0.1) is 5.82 Å². The van der Waals surface area contributed by atoms with E-state index in [4.69, 9.17) is 0 Å². The highest BCUT2D eigenvalue weighted by atomic mass is 32.2. The second kappa shape index (κ2) is 8.77. The van der Waals surface area contributed by atoms with Crippen LogP contribution in [0.2, 0.25) is 0 Å². The van der Waals surface area contributed by atoms with E-state index in [0.29, 0.717) is 12.1 Å². The van der Waals surface area contributed by atoms with Crippen molar-refractivity contribution in [3.05, 3.63) is 95.8 Å². The van der Waals surface area contributed by atoms with Crippen molar-refractivity contribution in [3.63, 3.8) is 0 Å². The normalized spacial score (nSPS) is 11.2. The minimum Gasteiger partial charge on any atom is -0.322 e. The van der Waals surface area contributed by atoms with E-state index in [0.717, 1.165) is 5.56 Å². The molecule has 2 N–H and O–H groups in total. The van der Waals surface area contributed by atoms with Crippen LogP contribution in [-0.2, 0) is 16.4 Å². The van der Waals surface area contributed by atoms with Gasteiger partial charge in [0.1, 0.15) is 5.82 Å². The van der Waals surface area contributed by atoms with Gasteiger partial charge in [-0.15, -0.1) is 0 Å². The van der Waals surface area contributed by atoms with Crippen molar-refractivity contribution in [2.45, 2.75) is 11.3 Å². The van der Waals surface area contributed by atoms with E-state index in [1.807, 2.05) is 30.3 Å². The summed E-state index contributed by atoms with van der Waals surface area (Å²) in [7, 11) is -3.67. The first-order valence-electron chi connectivity index (χ1n) is 8.65. The molecule has 5 nitrogen and oxygen atoms in total. The summed E-state index contributed by atoms with van der Waals surface area (Å²) in [6.45, 7) is 0.272. The zero-order valence-corrected chi connectivity index (χ0v) is 15.7. The lowest BCUT2D eigenvalue weighted by Gasteiger charge is -2.09. The summed E-state index contributed by atoms with van der Waals surface area (Å²) in [5.74, 6) is -0.910. The standard InChI is InChI=1S/C21H19FN2O3S/c22-18-7-4-8-19(15-18)24-21(25)17-9-11-20(12-10-17)28(26,27)23-14-13-16-5-2-1-3-6-16/h1-12,15,23H,13-14H2,(H,24,25). The Balaban J connectivity index is 1.61. The van der Waals surface area contributed by atoms with Gasteiger partial charge < -0.3 is 5.32 Å². The lowest BCUT2D eigenvalue weighted by Crippen LogP contribution is -2.26. The van der Waals surface area contributed by atoms with Gasteiger partial charge in [0.05, 0.1) is 4.90 Å². The van der Waals surface area contributed by atoms with Crippen molar-refractivity contribution in [1.29, 1.82) is 0 Å². The van der Waals surface area contributed by atoms with Gasteiger partial charge in [0, 0.05) is 17.8 Å². The average molecular weight is 398 g/mol. The number of hydrogen-bond acceptors (Lipinski definition) is 3. The van der Waals surface area contributed by atoms with Crippen molar-refractivity contribution in [3.8, 4) is 0 Å². The Morgan fingerprint density at radius 1 is 0.893 bits per heavy atom. The Hall–Kier alpha value is -3.03. The third kappa shape index (κ3) is 5.25. The van der Waals surface area contributed by atoms with Gasteiger partial charge in [-0.1, -0.05) is 36.4 Å². The number of hydrogen-bond donors (Lipinski definition) is 2. The molecule has 0 saturated heterocycles. The predicted molar refractivity (Wildman–Crippen MR) is 106 cm³/mol. The van der Waals surface area contributed by atoms with Gasteiger partial charge >= 0.3 is 0 Å². The molecule has 0 aromatic heterocycles. The topological polar surface area (TPSA) is 75.3 Å². The van der Waals surface area contributed by atoms with Gasteiger partial charge in [0.15, 0.2) is 0 Å². The van der Waals surface area contributed by atoms with E-state index in [1.54, 1.807) is 6.07 Å². The summed E-state index contributed by atoms with van der Waals surface area (Å²) in [5, 5.41) is 2.57. The summed E-state index contributed by atoms with van der Waals surface area (Å²) < 4.78 is 40.5. The number of nitrogens with one attached hydrogen (secondary N) is 2. The summed E-state index contributed by atoms with van der Waals surface area (Å²) in [6.07, 6.45) is 0.578. The summed E-state index contributed by atoms with van der Waals surface area (Å²) in [6, 6.07) is 20.7. The maximum Gasteiger partial charge on any atom is 0.255 e. The Kier molecular flexibility index (Phi) is 6.18. The van der Waals surface area contributed by atoms with Crippen LogP contribution in [0.1, 0.15) is 15.9 Å². The molecular formula is C21H19FN2O3S. The third-order valence-electron chi connectivity index (χ3n) is 4.06. The number of benzene rings is 3. The van der Waals surface area contributed by atoms with Crippen molar-refractivity contribution < 1.29 is 17.6 Å². The van der Waals surface area contributed by atoms with Crippen LogP contribution < -0.4 is 10.0 Å². The first kappa shape index (κ1) is 19.7. The van der Waals surface area contributed by atoms with Gasteiger partial charge in [0.25, 0.3) is 5.91 Å². The first-order chi connectivity index (χ1) is 13.4. The minimum absolute atomic E-state index is 0.0721. The fourth-order valence-electron chi connectivity index (χ4n) is 2.61. The van der Waals surface area contributed by atoms with E-state index < -0.39 is 21.7 Å². The summed E-state index contributed by atoms with van der Waals surface area (Å²) in [5.41, 5.74) is 1.63. The maximum absolute atomic E-state index is 13.2. The molecule has 0 unspecified atom stereocenters. The van der Waals surface area contributed by atoms with E-state index >= 15 is 0 Å². The molecule has 1 amide bonds. The van der Waals surface area contributed by atoms with Crippen molar-refractivity contribution >= 4 is 21.6 Å².